The lowest BCUT2D eigenvalue weighted by atomic mass is 9.38. The van der Waals surface area contributed by atoms with Crippen LogP contribution in [0, 0.1) is 50.7 Å². The molecule has 7 aliphatic rings. The van der Waals surface area contributed by atoms with Crippen LogP contribution in [-0.2, 0) is 14.5 Å². The zero-order valence-corrected chi connectivity index (χ0v) is 28.2. The molecular weight excluding hydrogens is 580 g/mol. The third-order valence-corrected chi connectivity index (χ3v) is 14.9. The average Bonchev–Trinajstić information content (AvgIpc) is 3.46. The molecular formula is C39H52O7. The molecule has 0 spiro atoms. The van der Waals surface area contributed by atoms with Crippen LogP contribution in [0.15, 0.2) is 59.7 Å². The Kier molecular flexibility index (Phi) is 6.97. The van der Waals surface area contributed by atoms with Gasteiger partial charge in [-0.1, -0.05) is 58.1 Å². The highest BCUT2D eigenvalue weighted by Gasteiger charge is 2.85. The summed E-state index contributed by atoms with van der Waals surface area (Å²) in [6, 6.07) is 7.98. The smallest absolute Gasteiger partial charge is 0.137 e. The van der Waals surface area contributed by atoms with Gasteiger partial charge < -0.3 is 24.8 Å². The van der Waals surface area contributed by atoms with Crippen molar-refractivity contribution in [3.8, 4) is 5.75 Å². The fraction of sp³-hybridized carbons (Fsp3) is 0.692. The number of aliphatic hydroxyl groups is 3. The molecule has 0 amide bonds. The van der Waals surface area contributed by atoms with Crippen molar-refractivity contribution in [1.82, 2.24) is 0 Å². The van der Waals surface area contributed by atoms with Crippen molar-refractivity contribution in [2.24, 2.45) is 50.7 Å². The highest BCUT2D eigenvalue weighted by molar-refractivity contribution is 5.43. The van der Waals surface area contributed by atoms with E-state index in [0.29, 0.717) is 12.5 Å². The van der Waals surface area contributed by atoms with Gasteiger partial charge in [0.05, 0.1) is 32.5 Å². The molecule has 1 aromatic rings. The Morgan fingerprint density at radius 3 is 2.57 bits per heavy atom. The first-order valence-corrected chi connectivity index (χ1v) is 17.5. The molecule has 250 valence electrons. The number of fused-ring (bicyclic) bond motifs is 4. The van der Waals surface area contributed by atoms with Gasteiger partial charge >= 0.3 is 0 Å². The molecule has 13 atom stereocenters. The van der Waals surface area contributed by atoms with Gasteiger partial charge in [-0.25, -0.2) is 9.78 Å². The highest BCUT2D eigenvalue weighted by atomic mass is 17.2. The van der Waals surface area contributed by atoms with E-state index in [1.54, 1.807) is 7.11 Å². The van der Waals surface area contributed by atoms with Crippen molar-refractivity contribution >= 4 is 0 Å². The van der Waals surface area contributed by atoms with Crippen molar-refractivity contribution in [3.63, 3.8) is 0 Å². The molecule has 46 heavy (non-hydrogen) atoms. The maximum absolute atomic E-state index is 12.4. The van der Waals surface area contributed by atoms with Crippen LogP contribution in [0.25, 0.3) is 0 Å². The second kappa shape index (κ2) is 10.3. The minimum Gasteiger partial charge on any atom is -0.497 e. The minimum atomic E-state index is -0.580. The number of hydrogen-bond acceptors (Lipinski definition) is 7. The first-order valence-electron chi connectivity index (χ1n) is 17.5. The fourth-order valence-corrected chi connectivity index (χ4v) is 12.7. The molecule has 3 N–H and O–H groups in total. The van der Waals surface area contributed by atoms with Crippen molar-refractivity contribution < 1.29 is 34.6 Å². The van der Waals surface area contributed by atoms with Crippen LogP contribution >= 0.6 is 0 Å². The number of hydrogen-bond donors (Lipinski definition) is 3. The molecule has 8 rings (SSSR count). The Bertz CT molecular complexity index is 1480. The highest BCUT2D eigenvalue weighted by Crippen LogP contribution is 2.89. The Morgan fingerprint density at radius 1 is 1.09 bits per heavy atom. The van der Waals surface area contributed by atoms with Gasteiger partial charge in [-0.2, -0.15) is 0 Å². The minimum absolute atomic E-state index is 0.00660. The average molecular weight is 633 g/mol. The largest absolute Gasteiger partial charge is 0.497 e. The topological polar surface area (TPSA) is 97.6 Å². The standard InChI is InChI=1S/C39H52O7/c1-22(19-40)15-29-34(42)25(20-44-29)26-11-14-39-21-38(26,39)13-12-31-36(4)18-30-27(35(2,3)32(36)17-33(41)37(31,39)5)16-28(45-46-30)23-7-9-24(43-6)10-8-23/h7-10,12-13,15-16,25-26,28-34,40-42H,11,14,17-21H2,1-6H3/b22-15+/t25-,26+,28-,29+,30-,31-,32+,33-,34-,36-,37+,38-,39-/m1/s1. The van der Waals surface area contributed by atoms with E-state index in [4.69, 9.17) is 19.2 Å². The van der Waals surface area contributed by atoms with Gasteiger partial charge in [-0.15, -0.1) is 0 Å². The quantitative estimate of drug-likeness (QED) is 0.267. The van der Waals surface area contributed by atoms with Crippen LogP contribution in [0.2, 0.25) is 0 Å². The molecule has 1 aromatic carbocycles. The zero-order valence-electron chi connectivity index (χ0n) is 28.2. The lowest BCUT2D eigenvalue weighted by Gasteiger charge is -2.67. The molecule has 1 saturated heterocycles. The molecule has 5 aliphatic carbocycles. The molecule has 0 unspecified atom stereocenters. The van der Waals surface area contributed by atoms with Crippen LogP contribution in [0.5, 0.6) is 5.75 Å². The molecule has 5 fully saturated rings. The van der Waals surface area contributed by atoms with Crippen LogP contribution in [0.3, 0.4) is 0 Å². The maximum atomic E-state index is 12.4. The molecule has 7 nitrogen and oxygen atoms in total. The molecule has 0 aromatic heterocycles. The van der Waals surface area contributed by atoms with E-state index in [1.807, 2.05) is 37.3 Å². The lowest BCUT2D eigenvalue weighted by molar-refractivity contribution is -0.362. The maximum Gasteiger partial charge on any atom is 0.137 e. The van der Waals surface area contributed by atoms with Gasteiger partial charge in [0.15, 0.2) is 0 Å². The second-order valence-corrected chi connectivity index (χ2v) is 16.9. The summed E-state index contributed by atoms with van der Waals surface area (Å²) in [5.41, 5.74) is 2.63. The summed E-state index contributed by atoms with van der Waals surface area (Å²) in [7, 11) is 1.67. The van der Waals surface area contributed by atoms with E-state index in [9.17, 15) is 15.3 Å². The SMILES string of the molecule is COc1ccc([C@H]2C=C3[C@@H](C[C@]4(C)[C@H]5C=C[C@]67C[C@]6(CC[C@H]7[C@H]6CO[C@@H](/C=C(\C)CO)[C@@H]6O)[C@]5(C)[C@H](O)C[C@H]4C3(C)C)OO2)cc1. The molecule has 4 saturated carbocycles. The number of rotatable bonds is 5. The van der Waals surface area contributed by atoms with Gasteiger partial charge in [-0.3, -0.25) is 0 Å². The van der Waals surface area contributed by atoms with Crippen LogP contribution < -0.4 is 4.74 Å². The van der Waals surface area contributed by atoms with E-state index in [0.717, 1.165) is 49.0 Å². The Hall–Kier alpha value is -2.00. The van der Waals surface area contributed by atoms with Crippen molar-refractivity contribution in [2.45, 2.75) is 97.2 Å². The van der Waals surface area contributed by atoms with Crippen molar-refractivity contribution in [2.75, 3.05) is 20.3 Å². The summed E-state index contributed by atoms with van der Waals surface area (Å²) in [4.78, 5) is 12.4. The van der Waals surface area contributed by atoms with Gasteiger partial charge in [0, 0.05) is 11.3 Å². The normalized spacial score (nSPS) is 50.1. The van der Waals surface area contributed by atoms with E-state index >= 15 is 0 Å². The summed E-state index contributed by atoms with van der Waals surface area (Å²) in [5.74, 6) is 1.68. The first kappa shape index (κ1) is 31.3. The monoisotopic (exact) mass is 632 g/mol. The lowest BCUT2D eigenvalue weighted by Crippen LogP contribution is -2.65. The molecule has 2 heterocycles. The van der Waals surface area contributed by atoms with Gasteiger partial charge in [0.1, 0.15) is 24.1 Å². The van der Waals surface area contributed by atoms with Crippen molar-refractivity contribution in [1.29, 1.82) is 0 Å². The van der Waals surface area contributed by atoms with Gasteiger partial charge in [-0.05, 0) is 113 Å². The third kappa shape index (κ3) is 3.87. The molecule has 0 radical (unpaired) electrons. The van der Waals surface area contributed by atoms with E-state index in [1.165, 1.54) is 5.57 Å². The third-order valence-electron chi connectivity index (χ3n) is 14.9. The summed E-state index contributed by atoms with van der Waals surface area (Å²) >= 11 is 0. The van der Waals surface area contributed by atoms with E-state index < -0.39 is 12.2 Å². The molecule has 2 aliphatic heterocycles. The number of methoxy groups -OCH3 is 1. The summed E-state index contributed by atoms with van der Waals surface area (Å²) in [5, 5.41) is 33.4. The van der Waals surface area contributed by atoms with Crippen molar-refractivity contribution in [3.05, 3.63) is 65.3 Å². The van der Waals surface area contributed by atoms with E-state index in [2.05, 4.69) is 45.9 Å². The fourth-order valence-electron chi connectivity index (χ4n) is 12.7. The summed E-state index contributed by atoms with van der Waals surface area (Å²) in [6.45, 7) is 12.0. The Morgan fingerprint density at radius 2 is 1.85 bits per heavy atom. The van der Waals surface area contributed by atoms with Gasteiger partial charge in [0.2, 0.25) is 0 Å². The first-order chi connectivity index (χ1) is 21.9. The van der Waals surface area contributed by atoms with Crippen LogP contribution in [0.1, 0.15) is 78.4 Å². The second-order valence-electron chi connectivity index (χ2n) is 16.9. The Labute approximate surface area is 273 Å². The van der Waals surface area contributed by atoms with Crippen LogP contribution in [0.4, 0.5) is 0 Å². The molecule has 0 bridgehead atoms. The predicted octanol–water partition coefficient (Wildman–Crippen LogP) is 6.10. The number of ether oxygens (including phenoxy) is 2. The number of allylic oxidation sites excluding steroid dienone is 2. The summed E-state index contributed by atoms with van der Waals surface area (Å²) < 4.78 is 11.5. The predicted molar refractivity (Wildman–Crippen MR) is 173 cm³/mol. The van der Waals surface area contributed by atoms with Gasteiger partial charge in [0.25, 0.3) is 0 Å². The summed E-state index contributed by atoms with van der Waals surface area (Å²) in [6.07, 6.45) is 12.2. The van der Waals surface area contributed by atoms with Crippen LogP contribution in [-0.4, -0.2) is 60.1 Å². The van der Waals surface area contributed by atoms with E-state index in [-0.39, 0.29) is 69.7 Å². The number of aliphatic hydroxyl groups excluding tert-OH is 3. The zero-order chi connectivity index (χ0) is 32.4. The number of benzene rings is 1. The molecule has 7 heteroatoms. The Balaban J connectivity index is 1.11.